The first kappa shape index (κ1) is 23.2. The monoisotopic (exact) mass is 501 g/mol. The van der Waals surface area contributed by atoms with Crippen LogP contribution in [0.4, 0.5) is 0 Å². The molecule has 5 rings (SSSR count). The van der Waals surface area contributed by atoms with Crippen LogP contribution in [0.25, 0.3) is 10.2 Å². The maximum Gasteiger partial charge on any atom is 0.279 e. The second-order valence-electron chi connectivity index (χ2n) is 8.40. The molecule has 1 aliphatic rings. The molecule has 0 fully saturated rings. The number of amides is 1. The van der Waals surface area contributed by atoms with E-state index < -0.39 is 15.9 Å². The molecule has 6 nitrogen and oxygen atoms in total. The van der Waals surface area contributed by atoms with Gasteiger partial charge in [0.25, 0.3) is 5.91 Å². The molecule has 2 heterocycles. The number of hydrogen-bond acceptors (Lipinski definition) is 4. The number of terminal acetylenes is 1. The summed E-state index contributed by atoms with van der Waals surface area (Å²) in [5.41, 5.74) is 4.53. The molecule has 0 bridgehead atoms. The van der Waals surface area contributed by atoms with Gasteiger partial charge < -0.3 is 4.57 Å². The summed E-state index contributed by atoms with van der Waals surface area (Å²) in [5, 5.41) is 0. The van der Waals surface area contributed by atoms with Gasteiger partial charge in [0.1, 0.15) is 0 Å². The number of rotatable bonds is 4. The third kappa shape index (κ3) is 4.34. The average Bonchev–Trinajstić information content (AvgIpc) is 3.22. The lowest BCUT2D eigenvalue weighted by Crippen LogP contribution is -2.35. The van der Waals surface area contributed by atoms with E-state index in [0.29, 0.717) is 36.4 Å². The zero-order valence-corrected chi connectivity index (χ0v) is 20.8. The Balaban J connectivity index is 1.43. The first-order valence-electron chi connectivity index (χ1n) is 11.2. The Morgan fingerprint density at radius 3 is 2.54 bits per heavy atom. The molecular formula is C27H23N3O3S2. The van der Waals surface area contributed by atoms with Crippen molar-refractivity contribution in [2.75, 3.05) is 6.54 Å². The van der Waals surface area contributed by atoms with Crippen LogP contribution in [0.1, 0.15) is 27.0 Å². The van der Waals surface area contributed by atoms with Crippen LogP contribution in [0.15, 0.2) is 76.6 Å². The fourth-order valence-electron chi connectivity index (χ4n) is 4.38. The minimum absolute atomic E-state index is 0.160. The summed E-state index contributed by atoms with van der Waals surface area (Å²) < 4.78 is 30.8. The SMILES string of the molecule is C#CCn1c(=NC(=O)c2ccc(S(=O)(=O)N3CCc4ccccc4C3)cc2)sc2cccc(C)c21. The van der Waals surface area contributed by atoms with E-state index in [9.17, 15) is 13.2 Å². The van der Waals surface area contributed by atoms with Crippen LogP contribution in [0.5, 0.6) is 0 Å². The molecule has 1 amide bonds. The Kier molecular flexibility index (Phi) is 6.15. The van der Waals surface area contributed by atoms with Crippen molar-refractivity contribution in [3.8, 4) is 12.3 Å². The summed E-state index contributed by atoms with van der Waals surface area (Å²) in [6, 6.07) is 19.8. The molecule has 0 unspecified atom stereocenters. The molecule has 0 radical (unpaired) electrons. The van der Waals surface area contributed by atoms with Crippen molar-refractivity contribution in [1.82, 2.24) is 8.87 Å². The highest BCUT2D eigenvalue weighted by Gasteiger charge is 2.28. The van der Waals surface area contributed by atoms with Gasteiger partial charge in [-0.3, -0.25) is 4.79 Å². The molecule has 8 heteroatoms. The summed E-state index contributed by atoms with van der Waals surface area (Å²) >= 11 is 1.40. The van der Waals surface area contributed by atoms with E-state index in [4.69, 9.17) is 6.42 Å². The summed E-state index contributed by atoms with van der Waals surface area (Å²) in [6.45, 7) is 3.06. The van der Waals surface area contributed by atoms with Crippen molar-refractivity contribution in [2.24, 2.45) is 4.99 Å². The van der Waals surface area contributed by atoms with Gasteiger partial charge in [0.2, 0.25) is 10.0 Å². The summed E-state index contributed by atoms with van der Waals surface area (Å²) in [7, 11) is -3.68. The molecule has 35 heavy (non-hydrogen) atoms. The van der Waals surface area contributed by atoms with Gasteiger partial charge in [-0.1, -0.05) is 53.7 Å². The Morgan fingerprint density at radius 1 is 1.06 bits per heavy atom. The van der Waals surface area contributed by atoms with Crippen molar-refractivity contribution < 1.29 is 13.2 Å². The number of carbonyl (C=O) groups is 1. The molecule has 0 N–H and O–H groups in total. The predicted molar refractivity (Wildman–Crippen MR) is 137 cm³/mol. The number of hydrogen-bond donors (Lipinski definition) is 0. The third-order valence-corrected chi connectivity index (χ3v) is 9.09. The molecule has 3 aromatic carbocycles. The maximum absolute atomic E-state index is 13.2. The third-order valence-electron chi connectivity index (χ3n) is 6.18. The van der Waals surface area contributed by atoms with Gasteiger partial charge in [0.15, 0.2) is 4.80 Å². The van der Waals surface area contributed by atoms with E-state index in [1.165, 1.54) is 45.5 Å². The number of thiazole rings is 1. The van der Waals surface area contributed by atoms with Gasteiger partial charge >= 0.3 is 0 Å². The molecule has 1 aliphatic heterocycles. The van der Waals surface area contributed by atoms with Crippen molar-refractivity contribution in [1.29, 1.82) is 0 Å². The highest BCUT2D eigenvalue weighted by atomic mass is 32.2. The van der Waals surface area contributed by atoms with Gasteiger partial charge in [0.05, 0.1) is 21.7 Å². The van der Waals surface area contributed by atoms with Gasteiger partial charge in [-0.15, -0.1) is 6.42 Å². The molecule has 0 saturated heterocycles. The topological polar surface area (TPSA) is 71.7 Å². The Morgan fingerprint density at radius 2 is 1.80 bits per heavy atom. The van der Waals surface area contributed by atoms with Crippen LogP contribution in [0.2, 0.25) is 0 Å². The van der Waals surface area contributed by atoms with Crippen LogP contribution in [0, 0.1) is 19.3 Å². The van der Waals surface area contributed by atoms with E-state index in [0.717, 1.165) is 21.3 Å². The molecule has 4 aromatic rings. The van der Waals surface area contributed by atoms with Crippen molar-refractivity contribution in [3.63, 3.8) is 0 Å². The summed E-state index contributed by atoms with van der Waals surface area (Å²) in [5.74, 6) is 2.18. The van der Waals surface area contributed by atoms with Crippen LogP contribution in [0.3, 0.4) is 0 Å². The fraction of sp³-hybridized carbons (Fsp3) is 0.185. The van der Waals surface area contributed by atoms with E-state index in [1.807, 2.05) is 54.0 Å². The molecule has 0 aliphatic carbocycles. The highest BCUT2D eigenvalue weighted by molar-refractivity contribution is 7.89. The van der Waals surface area contributed by atoms with Crippen LogP contribution < -0.4 is 4.80 Å². The number of carbonyl (C=O) groups excluding carboxylic acids is 1. The van der Waals surface area contributed by atoms with Crippen molar-refractivity contribution in [3.05, 3.63) is 93.8 Å². The zero-order chi connectivity index (χ0) is 24.6. The molecule has 176 valence electrons. The quantitative estimate of drug-likeness (QED) is 0.395. The van der Waals surface area contributed by atoms with Gasteiger partial charge in [0, 0.05) is 18.7 Å². The van der Waals surface area contributed by atoms with Crippen LogP contribution in [-0.4, -0.2) is 29.7 Å². The summed E-state index contributed by atoms with van der Waals surface area (Å²) in [4.78, 5) is 17.9. The summed E-state index contributed by atoms with van der Waals surface area (Å²) in [6.07, 6.45) is 6.24. The lowest BCUT2D eigenvalue weighted by Gasteiger charge is -2.28. The first-order valence-corrected chi connectivity index (χ1v) is 13.4. The number of sulfonamides is 1. The zero-order valence-electron chi connectivity index (χ0n) is 19.1. The first-order chi connectivity index (χ1) is 16.9. The molecule has 0 spiro atoms. The number of para-hydroxylation sites is 1. The van der Waals surface area contributed by atoms with E-state index in [-0.39, 0.29) is 4.90 Å². The predicted octanol–water partition coefficient (Wildman–Crippen LogP) is 4.13. The lowest BCUT2D eigenvalue weighted by atomic mass is 10.0. The standard InChI is InChI=1S/C27H23N3O3S2/c1-3-16-30-25-19(2)7-6-10-24(25)34-27(30)28-26(31)21-11-13-23(14-12-21)35(32,33)29-17-15-20-8-4-5-9-22(20)18-29/h1,4-14H,15-18H2,2H3. The molecular weight excluding hydrogens is 478 g/mol. The van der Waals surface area contributed by atoms with E-state index >= 15 is 0 Å². The number of aryl methyl sites for hydroxylation is 1. The second-order valence-corrected chi connectivity index (χ2v) is 11.3. The average molecular weight is 502 g/mol. The van der Waals surface area contributed by atoms with Crippen molar-refractivity contribution in [2.45, 2.75) is 31.3 Å². The van der Waals surface area contributed by atoms with E-state index in [1.54, 1.807) is 0 Å². The minimum Gasteiger partial charge on any atom is -0.304 e. The van der Waals surface area contributed by atoms with Gasteiger partial charge in [-0.2, -0.15) is 9.30 Å². The maximum atomic E-state index is 13.2. The Hall–Kier alpha value is -3.51. The number of benzene rings is 3. The molecule has 0 saturated carbocycles. The van der Waals surface area contributed by atoms with E-state index in [2.05, 4.69) is 10.9 Å². The highest BCUT2D eigenvalue weighted by Crippen LogP contribution is 2.25. The fourth-order valence-corrected chi connectivity index (χ4v) is 6.90. The normalized spacial score (nSPS) is 14.6. The Labute approximate surface area is 208 Å². The largest absolute Gasteiger partial charge is 0.304 e. The number of nitrogens with zero attached hydrogens (tertiary/aromatic N) is 3. The lowest BCUT2D eigenvalue weighted by molar-refractivity contribution is 0.0998. The second kappa shape index (κ2) is 9.27. The molecule has 0 atom stereocenters. The minimum atomic E-state index is -3.68. The number of aromatic nitrogens is 1. The van der Waals surface area contributed by atoms with Gasteiger partial charge in [-0.25, -0.2) is 8.42 Å². The Bertz CT molecular complexity index is 1660. The van der Waals surface area contributed by atoms with Crippen molar-refractivity contribution >= 4 is 37.5 Å². The smallest absolute Gasteiger partial charge is 0.279 e. The van der Waals surface area contributed by atoms with Crippen LogP contribution in [-0.2, 0) is 29.5 Å². The number of fused-ring (bicyclic) bond motifs is 2. The molecule has 1 aromatic heterocycles. The van der Waals surface area contributed by atoms with Crippen LogP contribution >= 0.6 is 11.3 Å². The van der Waals surface area contributed by atoms with Gasteiger partial charge in [-0.05, 0) is 60.4 Å².